The number of carbonyl (C=O) groups is 1. The Labute approximate surface area is 216 Å². The van der Waals surface area contributed by atoms with E-state index in [0.29, 0.717) is 35.1 Å². The number of nitrogens with one attached hydrogen (secondary N) is 1. The van der Waals surface area contributed by atoms with Crippen molar-refractivity contribution in [2.75, 3.05) is 6.54 Å². The van der Waals surface area contributed by atoms with Gasteiger partial charge in [0.1, 0.15) is 17.3 Å². The number of alkyl halides is 3. The van der Waals surface area contributed by atoms with Crippen LogP contribution in [0.15, 0.2) is 74.4 Å². The van der Waals surface area contributed by atoms with Crippen molar-refractivity contribution in [3.8, 4) is 0 Å². The molecule has 2 aromatic heterocycles. The largest absolute Gasteiger partial charge is 0.443 e. The number of nitrogens with zero attached hydrogens (tertiary/aromatic N) is 4. The molecule has 0 radical (unpaired) electrons. The van der Waals surface area contributed by atoms with Crippen LogP contribution in [0.4, 0.5) is 13.2 Å². The third-order valence-electron chi connectivity index (χ3n) is 5.99. The van der Waals surface area contributed by atoms with Crippen molar-refractivity contribution in [3.05, 3.63) is 66.1 Å². The first-order chi connectivity index (χ1) is 18.0. The van der Waals surface area contributed by atoms with Gasteiger partial charge in [-0.3, -0.25) is 19.8 Å². The standard InChI is InChI=1S/C25H24F3N5O4S/c1-16(25(26,27)28)31-15-20(29-2)17-9-10-30-19(12-17)14-32-24(34)21-7-5-11-33(21)38(35,36)23-13-18-6-3-4-8-22(18)37-23/h3-4,6,8-10,12-13,15,21H,2,5,7,11,14H2,1H3,(H,32,34)/b20-15-,31-16+/t21-/m0/s1. The van der Waals surface area contributed by atoms with Crippen molar-refractivity contribution in [3.63, 3.8) is 0 Å². The summed E-state index contributed by atoms with van der Waals surface area (Å²) in [5, 5.41) is 3.10. The number of aliphatic imine (C=N–C) groups is 2. The minimum atomic E-state index is -4.57. The summed E-state index contributed by atoms with van der Waals surface area (Å²) in [7, 11) is -4.05. The minimum absolute atomic E-state index is 0.0447. The molecule has 1 aliphatic heterocycles. The molecule has 0 bridgehead atoms. The van der Waals surface area contributed by atoms with Crippen molar-refractivity contribution in [2.45, 2.75) is 43.6 Å². The first-order valence-electron chi connectivity index (χ1n) is 11.5. The molecule has 38 heavy (non-hydrogen) atoms. The number of aromatic nitrogens is 1. The van der Waals surface area contributed by atoms with E-state index in [1.165, 1.54) is 24.4 Å². The van der Waals surface area contributed by atoms with Crippen molar-refractivity contribution in [2.24, 2.45) is 9.98 Å². The van der Waals surface area contributed by atoms with E-state index in [0.717, 1.165) is 17.4 Å². The Morgan fingerprint density at radius 2 is 2.05 bits per heavy atom. The zero-order valence-corrected chi connectivity index (χ0v) is 21.1. The Kier molecular flexibility index (Phi) is 7.78. The molecule has 0 unspecified atom stereocenters. The monoisotopic (exact) mass is 547 g/mol. The van der Waals surface area contributed by atoms with Gasteiger partial charge in [-0.2, -0.15) is 17.5 Å². The maximum Gasteiger partial charge on any atom is 0.429 e. The predicted octanol–water partition coefficient (Wildman–Crippen LogP) is 4.32. The number of amides is 1. The second kappa shape index (κ2) is 10.9. The molecule has 0 spiro atoms. The highest BCUT2D eigenvalue weighted by Gasteiger charge is 2.41. The second-order valence-electron chi connectivity index (χ2n) is 8.52. The van der Waals surface area contributed by atoms with Gasteiger partial charge in [0.05, 0.1) is 24.1 Å². The van der Waals surface area contributed by atoms with Crippen LogP contribution < -0.4 is 5.32 Å². The van der Waals surface area contributed by atoms with Crippen LogP contribution in [0.1, 0.15) is 31.0 Å². The summed E-state index contributed by atoms with van der Waals surface area (Å²) in [6, 6.07) is 10.4. The number of rotatable bonds is 8. The number of hydrogen-bond acceptors (Lipinski definition) is 7. The lowest BCUT2D eigenvalue weighted by Gasteiger charge is -2.22. The van der Waals surface area contributed by atoms with Crippen LogP contribution in [0, 0.1) is 0 Å². The molecule has 3 heterocycles. The Balaban J connectivity index is 1.47. The Bertz CT molecular complexity index is 1500. The summed E-state index contributed by atoms with van der Waals surface area (Å²) in [6.07, 6.45) is -1.37. The van der Waals surface area contributed by atoms with Gasteiger partial charge in [0.15, 0.2) is 0 Å². The van der Waals surface area contributed by atoms with Crippen molar-refractivity contribution in [1.82, 2.24) is 14.6 Å². The molecule has 1 amide bonds. The van der Waals surface area contributed by atoms with Crippen molar-refractivity contribution < 1.29 is 30.8 Å². The zero-order chi connectivity index (χ0) is 27.5. The number of halogens is 3. The number of sulfonamides is 1. The molecular formula is C25H24F3N5O4S. The van der Waals surface area contributed by atoms with Gasteiger partial charge in [-0.05, 0) is 44.7 Å². The molecule has 0 saturated carbocycles. The van der Waals surface area contributed by atoms with Crippen LogP contribution in [0.2, 0.25) is 0 Å². The molecule has 1 saturated heterocycles. The third kappa shape index (κ3) is 5.83. The second-order valence-corrected chi connectivity index (χ2v) is 10.3. The van der Waals surface area contributed by atoms with E-state index in [4.69, 9.17) is 4.42 Å². The van der Waals surface area contributed by atoms with E-state index in [1.807, 2.05) is 0 Å². The van der Waals surface area contributed by atoms with E-state index in [2.05, 4.69) is 27.0 Å². The number of fused-ring (bicyclic) bond motifs is 1. The first-order valence-corrected chi connectivity index (χ1v) is 13.0. The fourth-order valence-corrected chi connectivity index (χ4v) is 5.57. The Morgan fingerprint density at radius 3 is 2.76 bits per heavy atom. The van der Waals surface area contributed by atoms with Crippen LogP contribution in [0.3, 0.4) is 0 Å². The van der Waals surface area contributed by atoms with E-state index >= 15 is 0 Å². The average Bonchev–Trinajstić information content (AvgIpc) is 3.56. The molecule has 3 aromatic rings. The van der Waals surface area contributed by atoms with Gasteiger partial charge in [-0.1, -0.05) is 18.2 Å². The molecular weight excluding hydrogens is 523 g/mol. The van der Waals surface area contributed by atoms with Gasteiger partial charge in [0.2, 0.25) is 11.0 Å². The topological polar surface area (TPSA) is 117 Å². The fourth-order valence-electron chi connectivity index (χ4n) is 3.96. The number of benzene rings is 1. The number of para-hydroxylation sites is 1. The lowest BCUT2D eigenvalue weighted by Crippen LogP contribution is -2.45. The molecule has 200 valence electrons. The molecule has 4 rings (SSSR count). The molecule has 9 nitrogen and oxygen atoms in total. The van der Waals surface area contributed by atoms with Gasteiger partial charge in [0.25, 0.3) is 10.0 Å². The van der Waals surface area contributed by atoms with Crippen molar-refractivity contribution >= 4 is 45.0 Å². The summed E-state index contributed by atoms with van der Waals surface area (Å²) < 4.78 is 71.3. The van der Waals surface area contributed by atoms with Gasteiger partial charge >= 0.3 is 6.18 Å². The summed E-state index contributed by atoms with van der Waals surface area (Å²) in [4.78, 5) is 24.3. The zero-order valence-electron chi connectivity index (χ0n) is 20.3. The molecule has 1 aliphatic rings. The van der Waals surface area contributed by atoms with E-state index in [1.54, 1.807) is 24.3 Å². The lowest BCUT2D eigenvalue weighted by molar-refractivity contribution is -0.124. The number of furan rings is 1. The highest BCUT2D eigenvalue weighted by molar-refractivity contribution is 7.89. The quantitative estimate of drug-likeness (QED) is 0.422. The molecule has 1 N–H and O–H groups in total. The predicted molar refractivity (Wildman–Crippen MR) is 136 cm³/mol. The van der Waals surface area contributed by atoms with Gasteiger partial charge < -0.3 is 9.73 Å². The van der Waals surface area contributed by atoms with Gasteiger partial charge in [-0.15, -0.1) is 0 Å². The van der Waals surface area contributed by atoms with E-state index in [9.17, 15) is 26.4 Å². The van der Waals surface area contributed by atoms with E-state index < -0.39 is 33.9 Å². The summed E-state index contributed by atoms with van der Waals surface area (Å²) in [5.74, 6) is -0.502. The molecule has 1 atom stereocenters. The lowest BCUT2D eigenvalue weighted by atomic mass is 10.1. The maximum absolute atomic E-state index is 13.3. The summed E-state index contributed by atoms with van der Waals surface area (Å²) in [5.41, 5.74) is 0.250. The van der Waals surface area contributed by atoms with Crippen LogP contribution in [-0.4, -0.2) is 54.8 Å². The van der Waals surface area contributed by atoms with Gasteiger partial charge in [0, 0.05) is 29.8 Å². The molecule has 0 aliphatic carbocycles. The summed E-state index contributed by atoms with van der Waals surface area (Å²) >= 11 is 0. The highest BCUT2D eigenvalue weighted by atomic mass is 32.2. The smallest absolute Gasteiger partial charge is 0.429 e. The van der Waals surface area contributed by atoms with Gasteiger partial charge in [-0.25, -0.2) is 8.42 Å². The number of hydrogen-bond donors (Lipinski definition) is 1. The Hall–Kier alpha value is -3.84. The SMILES string of the molecule is C=N/C(=C\N=C(/C)C(F)(F)F)c1ccnc(CNC(=O)[C@@H]2CCCN2S(=O)(=O)c2cc3ccccc3o2)c1. The number of pyridine rings is 1. The number of carbonyl (C=O) groups excluding carboxylic acids is 1. The van der Waals surface area contributed by atoms with Crippen LogP contribution >= 0.6 is 0 Å². The fraction of sp³-hybridized carbons (Fsp3) is 0.280. The first kappa shape index (κ1) is 27.2. The van der Waals surface area contributed by atoms with Crippen LogP contribution in [0.25, 0.3) is 16.7 Å². The molecule has 1 aromatic carbocycles. The average molecular weight is 548 g/mol. The molecule has 1 fully saturated rings. The Morgan fingerprint density at radius 1 is 1.29 bits per heavy atom. The van der Waals surface area contributed by atoms with Crippen LogP contribution in [0.5, 0.6) is 0 Å². The molecule has 13 heteroatoms. The minimum Gasteiger partial charge on any atom is -0.443 e. The third-order valence-corrected chi connectivity index (χ3v) is 7.75. The maximum atomic E-state index is 13.3. The summed E-state index contributed by atoms with van der Waals surface area (Å²) in [6.45, 7) is 4.34. The highest BCUT2D eigenvalue weighted by Crippen LogP contribution is 2.30. The van der Waals surface area contributed by atoms with E-state index in [-0.39, 0.29) is 23.9 Å². The normalized spacial score (nSPS) is 17.6. The van der Waals surface area contributed by atoms with Crippen molar-refractivity contribution in [1.29, 1.82) is 0 Å². The van der Waals surface area contributed by atoms with Crippen LogP contribution in [-0.2, 0) is 21.4 Å².